The maximum Gasteiger partial charge on any atom is 0.298 e. The largest absolute Gasteiger partial charge is 0.448 e. The van der Waals surface area contributed by atoms with E-state index in [0.717, 1.165) is 17.1 Å². The van der Waals surface area contributed by atoms with E-state index in [-0.39, 0.29) is 22.9 Å². The van der Waals surface area contributed by atoms with Gasteiger partial charge in [0.05, 0.1) is 5.75 Å². The summed E-state index contributed by atoms with van der Waals surface area (Å²) in [5, 5.41) is 1.25. The molecule has 0 unspecified atom stereocenters. The van der Waals surface area contributed by atoms with Crippen LogP contribution >= 0.6 is 11.8 Å². The molecule has 1 aromatic carbocycles. The van der Waals surface area contributed by atoms with Crippen LogP contribution in [0.1, 0.15) is 19.9 Å². The topological polar surface area (TPSA) is 91.1 Å². The third-order valence-corrected chi connectivity index (χ3v) is 4.23. The average Bonchev–Trinajstić information content (AvgIpc) is 2.84. The van der Waals surface area contributed by atoms with Crippen LogP contribution in [0.4, 0.5) is 0 Å². The van der Waals surface area contributed by atoms with Crippen molar-refractivity contribution in [3.8, 4) is 0 Å². The fraction of sp³-hybridized carbons (Fsp3) is 0.267. The molecule has 2 aromatic heterocycles. The Hall–Kier alpha value is -2.28. The Morgan fingerprint density at radius 2 is 2.14 bits per heavy atom. The van der Waals surface area contributed by atoms with Crippen molar-refractivity contribution in [1.82, 2.24) is 9.55 Å². The van der Waals surface area contributed by atoms with Crippen LogP contribution in [0.3, 0.4) is 0 Å². The average molecular weight is 317 g/mol. The molecule has 2 N–H and O–H groups in total. The van der Waals surface area contributed by atoms with Crippen LogP contribution in [0.2, 0.25) is 0 Å². The molecule has 3 rings (SSSR count). The normalized spacial score (nSPS) is 11.6. The van der Waals surface area contributed by atoms with Gasteiger partial charge in [-0.15, -0.1) is 0 Å². The van der Waals surface area contributed by atoms with E-state index in [4.69, 9.17) is 10.2 Å². The Morgan fingerprint density at radius 1 is 1.41 bits per heavy atom. The number of primary amides is 1. The summed E-state index contributed by atoms with van der Waals surface area (Å²) in [5.41, 5.74) is 6.32. The van der Waals surface area contributed by atoms with Gasteiger partial charge in [0.1, 0.15) is 11.1 Å². The second-order valence-corrected chi connectivity index (χ2v) is 6.14. The highest BCUT2D eigenvalue weighted by Crippen LogP contribution is 2.28. The second-order valence-electron chi connectivity index (χ2n) is 5.19. The quantitative estimate of drug-likeness (QED) is 0.589. The lowest BCUT2D eigenvalue weighted by Crippen LogP contribution is -2.25. The smallest absolute Gasteiger partial charge is 0.298 e. The minimum Gasteiger partial charge on any atom is -0.448 e. The maximum absolute atomic E-state index is 12.7. The van der Waals surface area contributed by atoms with Gasteiger partial charge in [-0.25, -0.2) is 4.98 Å². The zero-order valence-electron chi connectivity index (χ0n) is 12.2. The highest BCUT2D eigenvalue weighted by Gasteiger charge is 2.19. The molecule has 22 heavy (non-hydrogen) atoms. The summed E-state index contributed by atoms with van der Waals surface area (Å²) in [6, 6.07) is 7.26. The van der Waals surface area contributed by atoms with E-state index in [0.29, 0.717) is 16.3 Å². The minimum absolute atomic E-state index is 0.0699. The molecule has 0 atom stereocenters. The number of rotatable bonds is 4. The van der Waals surface area contributed by atoms with E-state index in [1.807, 2.05) is 32.0 Å². The molecule has 0 aliphatic heterocycles. The fourth-order valence-electron chi connectivity index (χ4n) is 2.33. The number of aromatic nitrogens is 2. The molecule has 0 aliphatic carbocycles. The third-order valence-electron chi connectivity index (χ3n) is 3.26. The molecule has 0 saturated carbocycles. The van der Waals surface area contributed by atoms with Crippen molar-refractivity contribution in [2.24, 2.45) is 5.73 Å². The highest BCUT2D eigenvalue weighted by molar-refractivity contribution is 7.99. The van der Waals surface area contributed by atoms with Crippen LogP contribution in [-0.2, 0) is 4.79 Å². The van der Waals surface area contributed by atoms with E-state index in [1.54, 1.807) is 6.07 Å². The monoisotopic (exact) mass is 317 g/mol. The first-order valence-electron chi connectivity index (χ1n) is 6.84. The number of carbonyl (C=O) groups is 1. The Morgan fingerprint density at radius 3 is 2.82 bits per heavy atom. The number of nitrogens with zero attached hydrogens (tertiary/aromatic N) is 2. The SMILES string of the molecule is CC(C)n1c(SCC(N)=O)nc2c(oc3ccccc32)c1=O. The molecule has 0 aliphatic rings. The lowest BCUT2D eigenvalue weighted by Gasteiger charge is -2.14. The number of thioether (sulfide) groups is 1. The van der Waals surface area contributed by atoms with Gasteiger partial charge in [-0.2, -0.15) is 0 Å². The van der Waals surface area contributed by atoms with Crippen molar-refractivity contribution in [2.45, 2.75) is 25.0 Å². The summed E-state index contributed by atoms with van der Waals surface area (Å²) in [5.74, 6) is -0.382. The van der Waals surface area contributed by atoms with Crippen molar-refractivity contribution in [3.63, 3.8) is 0 Å². The van der Waals surface area contributed by atoms with Gasteiger partial charge in [0.2, 0.25) is 11.5 Å². The standard InChI is InChI=1S/C15H15N3O3S/c1-8(2)18-14(20)13-12(17-15(18)22-7-11(16)19)9-5-3-4-6-10(9)21-13/h3-6,8H,7H2,1-2H3,(H2,16,19). The van der Waals surface area contributed by atoms with E-state index in [1.165, 1.54) is 4.57 Å². The van der Waals surface area contributed by atoms with Gasteiger partial charge >= 0.3 is 0 Å². The summed E-state index contributed by atoms with van der Waals surface area (Å²) >= 11 is 1.16. The predicted octanol–water partition coefficient (Wildman–Crippen LogP) is 2.30. The molecule has 3 aromatic rings. The van der Waals surface area contributed by atoms with Crippen LogP contribution in [0.15, 0.2) is 38.6 Å². The number of nitrogens with two attached hydrogens (primary N) is 1. The number of benzene rings is 1. The number of amides is 1. The summed E-state index contributed by atoms with van der Waals surface area (Å²) in [6.45, 7) is 3.76. The Kier molecular flexibility index (Phi) is 3.66. The lowest BCUT2D eigenvalue weighted by molar-refractivity contribution is -0.115. The van der Waals surface area contributed by atoms with Gasteiger partial charge in [-0.05, 0) is 26.0 Å². The fourth-order valence-corrected chi connectivity index (χ4v) is 3.19. The molecule has 0 fully saturated rings. The lowest BCUT2D eigenvalue weighted by atomic mass is 10.2. The van der Waals surface area contributed by atoms with E-state index in [9.17, 15) is 9.59 Å². The number of furan rings is 1. The van der Waals surface area contributed by atoms with Crippen LogP contribution < -0.4 is 11.3 Å². The predicted molar refractivity (Wildman–Crippen MR) is 86.1 cm³/mol. The van der Waals surface area contributed by atoms with Gasteiger partial charge in [-0.3, -0.25) is 14.2 Å². The van der Waals surface area contributed by atoms with E-state index >= 15 is 0 Å². The number of fused-ring (bicyclic) bond motifs is 3. The molecule has 1 amide bonds. The molecule has 0 saturated heterocycles. The van der Waals surface area contributed by atoms with E-state index in [2.05, 4.69) is 4.98 Å². The molecule has 0 radical (unpaired) electrons. The molecular formula is C15H15N3O3S. The molecule has 114 valence electrons. The third kappa shape index (κ3) is 2.37. The van der Waals surface area contributed by atoms with Gasteiger partial charge < -0.3 is 10.2 Å². The molecule has 2 heterocycles. The number of carbonyl (C=O) groups excluding carboxylic acids is 1. The van der Waals surface area contributed by atoms with Crippen molar-refractivity contribution in [2.75, 3.05) is 5.75 Å². The van der Waals surface area contributed by atoms with Gasteiger partial charge in [0, 0.05) is 11.4 Å². The van der Waals surface area contributed by atoms with Crippen LogP contribution in [0.5, 0.6) is 0 Å². The summed E-state index contributed by atoms with van der Waals surface area (Å²) in [6.07, 6.45) is 0. The summed E-state index contributed by atoms with van der Waals surface area (Å²) in [4.78, 5) is 28.3. The Balaban J connectivity index is 2.32. The summed E-state index contributed by atoms with van der Waals surface area (Å²) < 4.78 is 7.18. The van der Waals surface area contributed by atoms with Crippen molar-refractivity contribution in [3.05, 3.63) is 34.6 Å². The van der Waals surface area contributed by atoms with E-state index < -0.39 is 5.91 Å². The van der Waals surface area contributed by atoms with Gasteiger partial charge in [0.15, 0.2) is 5.16 Å². The Labute approximate surface area is 130 Å². The first kappa shape index (κ1) is 14.6. The van der Waals surface area contributed by atoms with Crippen LogP contribution in [0, 0.1) is 0 Å². The minimum atomic E-state index is -0.452. The van der Waals surface area contributed by atoms with Crippen molar-refractivity contribution >= 4 is 39.7 Å². The Bertz CT molecular complexity index is 927. The molecule has 0 spiro atoms. The molecule has 7 heteroatoms. The summed E-state index contributed by atoms with van der Waals surface area (Å²) in [7, 11) is 0. The number of hydrogen-bond donors (Lipinski definition) is 1. The zero-order chi connectivity index (χ0) is 15.9. The van der Waals surface area contributed by atoms with Gasteiger partial charge in [0.25, 0.3) is 5.56 Å². The first-order valence-corrected chi connectivity index (χ1v) is 7.82. The number of hydrogen-bond acceptors (Lipinski definition) is 5. The second kappa shape index (κ2) is 5.49. The molecule has 0 bridgehead atoms. The van der Waals surface area contributed by atoms with Gasteiger partial charge in [-0.1, -0.05) is 23.9 Å². The molecular weight excluding hydrogens is 302 g/mol. The van der Waals surface area contributed by atoms with Crippen molar-refractivity contribution < 1.29 is 9.21 Å². The van der Waals surface area contributed by atoms with Crippen LogP contribution in [-0.4, -0.2) is 21.2 Å². The molecule has 6 nitrogen and oxygen atoms in total. The maximum atomic E-state index is 12.7. The number of para-hydroxylation sites is 1. The highest BCUT2D eigenvalue weighted by atomic mass is 32.2. The zero-order valence-corrected chi connectivity index (χ0v) is 13.0. The van der Waals surface area contributed by atoms with Crippen LogP contribution in [0.25, 0.3) is 22.1 Å². The van der Waals surface area contributed by atoms with Crippen molar-refractivity contribution in [1.29, 1.82) is 0 Å². The first-order chi connectivity index (χ1) is 10.5.